The number of benzene rings is 9. The summed E-state index contributed by atoms with van der Waals surface area (Å²) in [7, 11) is 0. The zero-order valence-corrected chi connectivity index (χ0v) is 32.8. The zero-order valence-electron chi connectivity index (χ0n) is 32.8. The first kappa shape index (κ1) is 33.8. The van der Waals surface area contributed by atoms with E-state index in [-0.39, 0.29) is 0 Å². The summed E-state index contributed by atoms with van der Waals surface area (Å²) < 4.78 is 13.2. The predicted octanol–water partition coefficient (Wildman–Crippen LogP) is 14.7. The Bertz CT molecular complexity index is 3520. The molecule has 4 heteroatoms. The fraction of sp³-hybridized carbons (Fsp3) is 0.0175. The summed E-state index contributed by atoms with van der Waals surface area (Å²) in [6.07, 6.45) is 0. The standard InChI is InChI=1S/C57H34N2O2/c1-2-13-35(14-3-1)36-25-27-38(28-26-36)56-58-53(55-54(59-56)43-19-6-9-22-49(43)61-55)41-17-12-16-39(33-41)40-30-31-45-44(34-40)52-42-18-5-4-15-37(42)29-32-48(52)57(45)46-20-7-10-23-50(46)60-51-24-11-8-21-47(51)57/h1-34H. The minimum atomic E-state index is -0.552. The third kappa shape index (κ3) is 4.93. The molecule has 0 saturated carbocycles. The molecule has 284 valence electrons. The first-order valence-corrected chi connectivity index (χ1v) is 20.7. The number of furan rings is 1. The average Bonchev–Trinajstić information content (AvgIpc) is 3.85. The monoisotopic (exact) mass is 778 g/mol. The van der Waals surface area contributed by atoms with E-state index < -0.39 is 5.41 Å². The van der Waals surface area contributed by atoms with Crippen LogP contribution >= 0.6 is 0 Å². The second-order valence-electron chi connectivity index (χ2n) is 16.0. The van der Waals surface area contributed by atoms with E-state index in [1.165, 1.54) is 38.6 Å². The highest BCUT2D eigenvalue weighted by molar-refractivity contribution is 6.08. The molecule has 1 aliphatic carbocycles. The van der Waals surface area contributed by atoms with E-state index in [0.29, 0.717) is 11.4 Å². The molecule has 13 rings (SSSR count). The molecule has 0 atom stereocenters. The number of nitrogens with zero attached hydrogens (tertiary/aromatic N) is 2. The maximum Gasteiger partial charge on any atom is 0.180 e. The molecule has 0 unspecified atom stereocenters. The smallest absolute Gasteiger partial charge is 0.180 e. The Balaban J connectivity index is 1.00. The van der Waals surface area contributed by atoms with Gasteiger partial charge in [0.05, 0.1) is 5.41 Å². The summed E-state index contributed by atoms with van der Waals surface area (Å²) in [5.41, 5.74) is 16.2. The highest BCUT2D eigenvalue weighted by Crippen LogP contribution is 2.63. The molecule has 9 aromatic carbocycles. The van der Waals surface area contributed by atoms with Crippen LogP contribution in [0.5, 0.6) is 11.5 Å². The Morgan fingerprint density at radius 2 is 1.00 bits per heavy atom. The predicted molar refractivity (Wildman–Crippen MR) is 246 cm³/mol. The number of rotatable bonds is 4. The van der Waals surface area contributed by atoms with Crippen molar-refractivity contribution in [2.24, 2.45) is 0 Å². The molecule has 3 heterocycles. The second kappa shape index (κ2) is 13.0. The van der Waals surface area contributed by atoms with Crippen LogP contribution in [0.2, 0.25) is 0 Å². The number of para-hydroxylation sites is 3. The summed E-state index contributed by atoms with van der Waals surface area (Å²) in [4.78, 5) is 10.4. The molecule has 0 amide bonds. The average molecular weight is 779 g/mol. The van der Waals surface area contributed by atoms with Crippen LogP contribution in [-0.2, 0) is 5.41 Å². The summed E-state index contributed by atoms with van der Waals surface area (Å²) in [5, 5.41) is 3.42. The van der Waals surface area contributed by atoms with Crippen LogP contribution in [0, 0.1) is 0 Å². The van der Waals surface area contributed by atoms with Gasteiger partial charge in [-0.1, -0.05) is 170 Å². The molecule has 0 bridgehead atoms. The first-order chi connectivity index (χ1) is 30.2. The summed E-state index contributed by atoms with van der Waals surface area (Å²) >= 11 is 0. The molecule has 2 aromatic heterocycles. The van der Waals surface area contributed by atoms with Gasteiger partial charge in [-0.05, 0) is 91.7 Å². The van der Waals surface area contributed by atoms with Crippen LogP contribution in [0.15, 0.2) is 211 Å². The lowest BCUT2D eigenvalue weighted by atomic mass is 9.66. The lowest BCUT2D eigenvalue weighted by Crippen LogP contribution is -2.32. The lowest BCUT2D eigenvalue weighted by Gasteiger charge is -2.39. The van der Waals surface area contributed by atoms with Crippen LogP contribution in [0.1, 0.15) is 22.3 Å². The number of aromatic nitrogens is 2. The van der Waals surface area contributed by atoms with Crippen LogP contribution in [0.3, 0.4) is 0 Å². The van der Waals surface area contributed by atoms with Gasteiger partial charge in [0, 0.05) is 27.6 Å². The van der Waals surface area contributed by atoms with Gasteiger partial charge in [0.15, 0.2) is 11.4 Å². The maximum atomic E-state index is 6.62. The summed E-state index contributed by atoms with van der Waals surface area (Å²) in [5.74, 6) is 2.43. The normalized spacial score (nSPS) is 13.2. The first-order valence-electron chi connectivity index (χ1n) is 20.7. The number of hydrogen-bond acceptors (Lipinski definition) is 4. The second-order valence-corrected chi connectivity index (χ2v) is 16.0. The molecular weight excluding hydrogens is 745 g/mol. The van der Waals surface area contributed by atoms with Gasteiger partial charge >= 0.3 is 0 Å². The number of hydrogen-bond donors (Lipinski definition) is 0. The molecule has 4 nitrogen and oxygen atoms in total. The highest BCUT2D eigenvalue weighted by atomic mass is 16.5. The van der Waals surface area contributed by atoms with Gasteiger partial charge < -0.3 is 9.15 Å². The number of fused-ring (bicyclic) bond motifs is 14. The van der Waals surface area contributed by atoms with Gasteiger partial charge in [-0.3, -0.25) is 0 Å². The Labute approximate surface area is 352 Å². The van der Waals surface area contributed by atoms with Crippen LogP contribution in [0.4, 0.5) is 0 Å². The van der Waals surface area contributed by atoms with Gasteiger partial charge in [0.1, 0.15) is 28.3 Å². The van der Waals surface area contributed by atoms with Gasteiger partial charge in [-0.15, -0.1) is 0 Å². The van der Waals surface area contributed by atoms with E-state index in [2.05, 4.69) is 182 Å². The van der Waals surface area contributed by atoms with Crippen molar-refractivity contribution < 1.29 is 9.15 Å². The largest absolute Gasteiger partial charge is 0.457 e. The topological polar surface area (TPSA) is 48.2 Å². The van der Waals surface area contributed by atoms with E-state index in [1.807, 2.05) is 24.3 Å². The summed E-state index contributed by atoms with van der Waals surface area (Å²) in [6, 6.07) is 73.2. The van der Waals surface area contributed by atoms with E-state index in [0.717, 1.165) is 72.6 Å². The van der Waals surface area contributed by atoms with E-state index in [9.17, 15) is 0 Å². The van der Waals surface area contributed by atoms with Crippen molar-refractivity contribution in [3.05, 3.63) is 229 Å². The van der Waals surface area contributed by atoms with Crippen LogP contribution in [-0.4, -0.2) is 9.97 Å². The molecule has 2 aliphatic rings. The Kier molecular flexibility index (Phi) is 7.19. The Morgan fingerprint density at radius 3 is 1.82 bits per heavy atom. The molecule has 61 heavy (non-hydrogen) atoms. The molecule has 1 spiro atoms. The SMILES string of the molecule is c1ccc(-c2ccc(-c3nc(-c4cccc(-c5ccc6c(c5)-c5c(ccc7ccccc57)C65c6ccccc6Oc6ccccc65)c4)c4oc5ccccc5c4n3)cc2)cc1. The molecule has 0 N–H and O–H groups in total. The molecular formula is C57H34N2O2. The fourth-order valence-electron chi connectivity index (χ4n) is 10.1. The molecule has 0 saturated heterocycles. The molecule has 1 aliphatic heterocycles. The van der Waals surface area contributed by atoms with E-state index >= 15 is 0 Å². The van der Waals surface area contributed by atoms with Crippen molar-refractivity contribution in [3.63, 3.8) is 0 Å². The van der Waals surface area contributed by atoms with Crippen molar-refractivity contribution in [2.75, 3.05) is 0 Å². The molecule has 0 radical (unpaired) electrons. The van der Waals surface area contributed by atoms with Crippen molar-refractivity contribution in [2.45, 2.75) is 5.41 Å². The minimum absolute atomic E-state index is 0.552. The van der Waals surface area contributed by atoms with Crippen molar-refractivity contribution >= 4 is 32.8 Å². The minimum Gasteiger partial charge on any atom is -0.457 e. The van der Waals surface area contributed by atoms with E-state index in [1.54, 1.807) is 0 Å². The van der Waals surface area contributed by atoms with Crippen molar-refractivity contribution in [1.82, 2.24) is 9.97 Å². The lowest BCUT2D eigenvalue weighted by molar-refractivity contribution is 0.436. The van der Waals surface area contributed by atoms with Crippen LogP contribution in [0.25, 0.3) is 88.9 Å². The zero-order chi connectivity index (χ0) is 40.1. The Morgan fingerprint density at radius 1 is 0.393 bits per heavy atom. The summed E-state index contributed by atoms with van der Waals surface area (Å²) in [6.45, 7) is 0. The molecule has 0 fully saturated rings. The fourth-order valence-corrected chi connectivity index (χ4v) is 10.1. The third-order valence-corrected chi connectivity index (χ3v) is 12.8. The van der Waals surface area contributed by atoms with Gasteiger partial charge in [0.2, 0.25) is 0 Å². The van der Waals surface area contributed by atoms with Crippen molar-refractivity contribution in [1.29, 1.82) is 0 Å². The van der Waals surface area contributed by atoms with E-state index in [4.69, 9.17) is 19.1 Å². The molecule has 11 aromatic rings. The highest BCUT2D eigenvalue weighted by Gasteiger charge is 2.51. The number of ether oxygens (including phenoxy) is 1. The Hall–Kier alpha value is -8.08. The van der Waals surface area contributed by atoms with Crippen molar-refractivity contribution in [3.8, 4) is 67.5 Å². The van der Waals surface area contributed by atoms with Gasteiger partial charge in [0.25, 0.3) is 0 Å². The third-order valence-electron chi connectivity index (χ3n) is 12.8. The van der Waals surface area contributed by atoms with Gasteiger partial charge in [-0.2, -0.15) is 0 Å². The quantitative estimate of drug-likeness (QED) is 0.179. The van der Waals surface area contributed by atoms with Crippen LogP contribution < -0.4 is 4.74 Å². The van der Waals surface area contributed by atoms with Gasteiger partial charge in [-0.25, -0.2) is 9.97 Å². The maximum absolute atomic E-state index is 6.62.